The summed E-state index contributed by atoms with van der Waals surface area (Å²) in [6.07, 6.45) is 0. The molecule has 0 saturated carbocycles. The van der Waals surface area contributed by atoms with Gasteiger partial charge in [-0.25, -0.2) is 0 Å². The topological polar surface area (TPSA) is 23.8 Å². The molecule has 4 aromatic rings. The van der Waals surface area contributed by atoms with E-state index in [4.69, 9.17) is 5.26 Å². The second-order valence-electron chi connectivity index (χ2n) is 7.84. The largest absolute Gasteiger partial charge is 0.192 e. The summed E-state index contributed by atoms with van der Waals surface area (Å²) in [5.41, 5.74) is 4.63. The molecule has 1 heteroatoms. The molecule has 0 heterocycles. The van der Waals surface area contributed by atoms with Gasteiger partial charge in [0.05, 0.1) is 11.6 Å². The predicted octanol–water partition coefficient (Wildman–Crippen LogP) is 6.83. The lowest BCUT2D eigenvalue weighted by Gasteiger charge is -2.22. The fourth-order valence-corrected chi connectivity index (χ4v) is 3.69. The van der Waals surface area contributed by atoms with Gasteiger partial charge in [-0.3, -0.25) is 0 Å². The Hall–Kier alpha value is -3.11. The smallest absolute Gasteiger partial charge is 0.0991 e. The monoisotopic (exact) mass is 335 g/mol. The van der Waals surface area contributed by atoms with Gasteiger partial charge in [0, 0.05) is 0 Å². The molecule has 0 radical (unpaired) electrons. The van der Waals surface area contributed by atoms with E-state index < -0.39 is 0 Å². The second-order valence-corrected chi connectivity index (χ2v) is 7.84. The standard InChI is InChI=1S/C25H21N/c1-25(2,3)24-13-12-21(22-6-4-5-7-23(22)24)20-11-10-18-14-17(16-26)8-9-19(18)15-20/h4-15H,1-3H3. The summed E-state index contributed by atoms with van der Waals surface area (Å²) in [6, 6.07) is 27.7. The van der Waals surface area contributed by atoms with E-state index in [-0.39, 0.29) is 5.41 Å². The highest BCUT2D eigenvalue weighted by atomic mass is 14.2. The van der Waals surface area contributed by atoms with E-state index in [0.29, 0.717) is 5.56 Å². The van der Waals surface area contributed by atoms with E-state index in [0.717, 1.165) is 10.8 Å². The molecule has 0 N–H and O–H groups in total. The zero-order valence-electron chi connectivity index (χ0n) is 15.4. The van der Waals surface area contributed by atoms with E-state index >= 15 is 0 Å². The Bertz CT molecular complexity index is 1170. The molecular formula is C25H21N. The van der Waals surface area contributed by atoms with E-state index in [9.17, 15) is 0 Å². The molecule has 26 heavy (non-hydrogen) atoms. The van der Waals surface area contributed by atoms with Crippen LogP contribution in [0.2, 0.25) is 0 Å². The first-order chi connectivity index (χ1) is 12.5. The molecule has 0 aliphatic rings. The molecule has 126 valence electrons. The molecule has 0 aliphatic carbocycles. The van der Waals surface area contributed by atoms with Crippen LogP contribution in [0.4, 0.5) is 0 Å². The van der Waals surface area contributed by atoms with Gasteiger partial charge >= 0.3 is 0 Å². The van der Waals surface area contributed by atoms with E-state index in [1.165, 1.54) is 27.5 Å². The molecule has 1 nitrogen and oxygen atoms in total. The summed E-state index contributed by atoms with van der Waals surface area (Å²) in [6.45, 7) is 6.78. The van der Waals surface area contributed by atoms with Crippen molar-refractivity contribution < 1.29 is 0 Å². The van der Waals surface area contributed by atoms with Crippen molar-refractivity contribution in [1.29, 1.82) is 5.26 Å². The van der Waals surface area contributed by atoms with E-state index in [1.807, 2.05) is 18.2 Å². The highest BCUT2D eigenvalue weighted by molar-refractivity contribution is 6.01. The summed E-state index contributed by atoms with van der Waals surface area (Å²) in [7, 11) is 0. The fourth-order valence-electron chi connectivity index (χ4n) is 3.69. The third kappa shape index (κ3) is 2.74. The maximum absolute atomic E-state index is 9.09. The SMILES string of the molecule is CC(C)(C)c1ccc(-c2ccc3cc(C#N)ccc3c2)c2ccccc12. The highest BCUT2D eigenvalue weighted by Gasteiger charge is 2.18. The van der Waals surface area contributed by atoms with E-state index in [2.05, 4.69) is 81.4 Å². The van der Waals surface area contributed by atoms with Crippen LogP contribution in [0, 0.1) is 11.3 Å². The van der Waals surface area contributed by atoms with Crippen molar-refractivity contribution in [2.75, 3.05) is 0 Å². The minimum Gasteiger partial charge on any atom is -0.192 e. The molecule has 0 aromatic heterocycles. The van der Waals surface area contributed by atoms with Crippen molar-refractivity contribution in [3.63, 3.8) is 0 Å². The van der Waals surface area contributed by atoms with Gasteiger partial charge in [0.15, 0.2) is 0 Å². The zero-order valence-corrected chi connectivity index (χ0v) is 15.4. The van der Waals surface area contributed by atoms with Gasteiger partial charge in [0.2, 0.25) is 0 Å². The number of hydrogen-bond acceptors (Lipinski definition) is 1. The van der Waals surface area contributed by atoms with Crippen molar-refractivity contribution >= 4 is 21.5 Å². The Morgan fingerprint density at radius 3 is 2.15 bits per heavy atom. The van der Waals surface area contributed by atoms with Gasteiger partial charge in [-0.1, -0.05) is 75.4 Å². The Balaban J connectivity index is 1.95. The van der Waals surface area contributed by atoms with Crippen molar-refractivity contribution in [3.05, 3.63) is 83.9 Å². The lowest BCUT2D eigenvalue weighted by Crippen LogP contribution is -2.11. The Kier molecular flexibility index (Phi) is 3.78. The molecule has 0 spiro atoms. The van der Waals surface area contributed by atoms with Gasteiger partial charge < -0.3 is 0 Å². The van der Waals surface area contributed by atoms with E-state index in [1.54, 1.807) is 0 Å². The van der Waals surface area contributed by atoms with Crippen LogP contribution in [-0.2, 0) is 5.41 Å². The number of nitriles is 1. The number of nitrogens with zero attached hydrogens (tertiary/aromatic N) is 1. The minimum absolute atomic E-state index is 0.106. The third-order valence-electron chi connectivity index (χ3n) is 5.01. The molecule has 0 amide bonds. The number of fused-ring (bicyclic) bond motifs is 2. The molecule has 4 rings (SSSR count). The molecule has 0 fully saturated rings. The third-order valence-corrected chi connectivity index (χ3v) is 5.01. The second kappa shape index (κ2) is 6.00. The van der Waals surface area contributed by atoms with Crippen LogP contribution in [0.5, 0.6) is 0 Å². The molecular weight excluding hydrogens is 314 g/mol. The van der Waals surface area contributed by atoms with Crippen LogP contribution in [0.3, 0.4) is 0 Å². The minimum atomic E-state index is 0.106. The first-order valence-electron chi connectivity index (χ1n) is 8.94. The number of hydrogen-bond donors (Lipinski definition) is 0. The van der Waals surface area contributed by atoms with Crippen LogP contribution in [0.1, 0.15) is 31.9 Å². The Labute approximate surface area is 154 Å². The van der Waals surface area contributed by atoms with Crippen LogP contribution < -0.4 is 0 Å². The van der Waals surface area contributed by atoms with Gasteiger partial charge in [0.25, 0.3) is 0 Å². The van der Waals surface area contributed by atoms with Gasteiger partial charge in [0.1, 0.15) is 0 Å². The summed E-state index contributed by atoms with van der Waals surface area (Å²) in [4.78, 5) is 0. The molecule has 4 aromatic carbocycles. The maximum atomic E-state index is 9.09. The first-order valence-corrected chi connectivity index (χ1v) is 8.94. The normalized spacial score (nSPS) is 11.6. The number of benzene rings is 4. The van der Waals surface area contributed by atoms with Gasteiger partial charge in [-0.15, -0.1) is 0 Å². The van der Waals surface area contributed by atoms with Crippen LogP contribution in [0.25, 0.3) is 32.7 Å². The summed E-state index contributed by atoms with van der Waals surface area (Å²) >= 11 is 0. The van der Waals surface area contributed by atoms with Crippen LogP contribution >= 0.6 is 0 Å². The molecule has 0 bridgehead atoms. The van der Waals surface area contributed by atoms with Crippen LogP contribution in [0.15, 0.2) is 72.8 Å². The molecule has 0 aliphatic heterocycles. The average molecular weight is 335 g/mol. The van der Waals surface area contributed by atoms with Crippen molar-refractivity contribution in [1.82, 2.24) is 0 Å². The van der Waals surface area contributed by atoms with Crippen LogP contribution in [-0.4, -0.2) is 0 Å². The van der Waals surface area contributed by atoms with Gasteiger partial charge in [-0.05, 0) is 61.8 Å². The van der Waals surface area contributed by atoms with Gasteiger partial charge in [-0.2, -0.15) is 5.26 Å². The predicted molar refractivity (Wildman–Crippen MR) is 110 cm³/mol. The highest BCUT2D eigenvalue weighted by Crippen LogP contribution is 2.36. The first kappa shape index (κ1) is 16.4. The lowest BCUT2D eigenvalue weighted by molar-refractivity contribution is 0.596. The van der Waals surface area contributed by atoms with Crippen molar-refractivity contribution in [2.45, 2.75) is 26.2 Å². The summed E-state index contributed by atoms with van der Waals surface area (Å²) in [5, 5.41) is 14.0. The Morgan fingerprint density at radius 1 is 0.731 bits per heavy atom. The molecule has 0 saturated heterocycles. The van der Waals surface area contributed by atoms with Crippen molar-refractivity contribution in [3.8, 4) is 17.2 Å². The van der Waals surface area contributed by atoms with Crippen molar-refractivity contribution in [2.24, 2.45) is 0 Å². The quantitative estimate of drug-likeness (QED) is 0.374. The maximum Gasteiger partial charge on any atom is 0.0991 e. The molecule has 0 atom stereocenters. The Morgan fingerprint density at radius 2 is 1.42 bits per heavy atom. The average Bonchev–Trinajstić information content (AvgIpc) is 2.65. The molecule has 0 unspecified atom stereocenters. The number of rotatable bonds is 1. The lowest BCUT2D eigenvalue weighted by atomic mass is 9.82. The summed E-state index contributed by atoms with van der Waals surface area (Å²) < 4.78 is 0. The fraction of sp³-hybridized carbons (Fsp3) is 0.160. The summed E-state index contributed by atoms with van der Waals surface area (Å²) in [5.74, 6) is 0. The zero-order chi connectivity index (χ0) is 18.3.